The molecule has 0 bridgehead atoms. The Morgan fingerprint density at radius 2 is 2.03 bits per heavy atom. The van der Waals surface area contributed by atoms with Crippen LogP contribution in [-0.4, -0.2) is 46.0 Å². The van der Waals surface area contributed by atoms with E-state index in [9.17, 15) is 19.1 Å². The maximum atomic E-state index is 14.4. The van der Waals surface area contributed by atoms with Gasteiger partial charge in [-0.3, -0.25) is 14.5 Å². The molecular weight excluding hydrogens is 397 g/mol. The minimum Gasteiger partial charge on any atom is -0.396 e. The number of pyridine rings is 1. The van der Waals surface area contributed by atoms with E-state index in [1.807, 2.05) is 31.2 Å². The van der Waals surface area contributed by atoms with Crippen molar-refractivity contribution in [2.75, 3.05) is 18.1 Å². The van der Waals surface area contributed by atoms with E-state index in [0.717, 1.165) is 22.1 Å². The van der Waals surface area contributed by atoms with Crippen LogP contribution in [-0.2, 0) is 16.1 Å². The molecule has 0 unspecified atom stereocenters. The highest BCUT2D eigenvalue weighted by molar-refractivity contribution is 6.30. The Labute approximate surface area is 173 Å². The first-order valence-corrected chi connectivity index (χ1v) is 9.45. The molecule has 152 valence electrons. The number of anilines is 1. The summed E-state index contributed by atoms with van der Waals surface area (Å²) < 4.78 is 14.4. The van der Waals surface area contributed by atoms with Crippen molar-refractivity contribution in [3.8, 4) is 0 Å². The topological polar surface area (TPSA) is 73.7 Å². The monoisotopic (exact) mass is 417 g/mol. The number of aliphatic hydroxyl groups is 1. The van der Waals surface area contributed by atoms with Gasteiger partial charge in [0.25, 0.3) is 5.91 Å². The van der Waals surface area contributed by atoms with E-state index in [2.05, 4.69) is 11.6 Å². The van der Waals surface area contributed by atoms with Crippen molar-refractivity contribution in [2.24, 2.45) is 0 Å². The number of amides is 2. The lowest BCUT2D eigenvalue weighted by molar-refractivity contribution is -0.142. The zero-order valence-electron chi connectivity index (χ0n) is 15.9. The summed E-state index contributed by atoms with van der Waals surface area (Å²) >= 11 is 5.74. The maximum Gasteiger partial charge on any atom is 0.255 e. The van der Waals surface area contributed by atoms with Crippen LogP contribution in [0.1, 0.15) is 17.5 Å². The summed E-state index contributed by atoms with van der Waals surface area (Å²) in [5.41, 5.74) is 2.30. The van der Waals surface area contributed by atoms with Gasteiger partial charge < -0.3 is 10.0 Å². The first-order chi connectivity index (χ1) is 13.8. The molecule has 0 aliphatic carbocycles. The van der Waals surface area contributed by atoms with Crippen LogP contribution >= 0.6 is 11.6 Å². The van der Waals surface area contributed by atoms with E-state index < -0.39 is 17.8 Å². The number of rotatable bonds is 6. The van der Waals surface area contributed by atoms with Crippen LogP contribution in [0.5, 0.6) is 0 Å². The largest absolute Gasteiger partial charge is 0.396 e. The number of benzene rings is 1. The van der Waals surface area contributed by atoms with Crippen molar-refractivity contribution in [3.63, 3.8) is 0 Å². The fourth-order valence-corrected chi connectivity index (χ4v) is 3.40. The second-order valence-electron chi connectivity index (χ2n) is 6.92. The van der Waals surface area contributed by atoms with E-state index in [0.29, 0.717) is 5.57 Å². The molecule has 0 saturated carbocycles. The molecular formula is C21H21ClFN3O3. The number of carbonyl (C=O) groups excluding carboxylic acids is 2. The number of piperazine rings is 1. The Bertz CT molecular complexity index is 949. The molecule has 8 heteroatoms. The van der Waals surface area contributed by atoms with Crippen molar-refractivity contribution >= 4 is 29.2 Å². The third-order valence-corrected chi connectivity index (χ3v) is 4.97. The van der Waals surface area contributed by atoms with Crippen molar-refractivity contribution in [1.82, 2.24) is 9.88 Å². The Hall–Kier alpha value is -2.77. The zero-order valence-corrected chi connectivity index (χ0v) is 16.7. The number of hydrogen-bond acceptors (Lipinski definition) is 4. The molecule has 6 nitrogen and oxygen atoms in total. The molecule has 1 aromatic heterocycles. The molecule has 2 aromatic rings. The summed E-state index contributed by atoms with van der Waals surface area (Å²) in [7, 11) is 0. The summed E-state index contributed by atoms with van der Waals surface area (Å²) in [6.45, 7) is 5.47. The fraction of sp³-hybridized carbons (Fsp3) is 0.286. The summed E-state index contributed by atoms with van der Waals surface area (Å²) in [6.07, 6.45) is 1.35. The SMILES string of the molecule is C=C(CCO)[C@H]1C(=O)N(c2ncc(Cl)cc2F)CC(=O)N1Cc1ccc(C)cc1. The van der Waals surface area contributed by atoms with E-state index in [4.69, 9.17) is 11.6 Å². The van der Waals surface area contributed by atoms with Crippen molar-refractivity contribution < 1.29 is 19.1 Å². The van der Waals surface area contributed by atoms with Gasteiger partial charge in [-0.15, -0.1) is 0 Å². The van der Waals surface area contributed by atoms with Crippen LogP contribution in [0.4, 0.5) is 10.2 Å². The molecule has 1 aliphatic heterocycles. The minimum absolute atomic E-state index is 0.0873. The predicted molar refractivity (Wildman–Crippen MR) is 108 cm³/mol. The Morgan fingerprint density at radius 1 is 1.34 bits per heavy atom. The maximum absolute atomic E-state index is 14.4. The van der Waals surface area contributed by atoms with Crippen LogP contribution in [0, 0.1) is 12.7 Å². The Kier molecular flexibility index (Phi) is 6.30. The summed E-state index contributed by atoms with van der Waals surface area (Å²) in [4.78, 5) is 32.5. The van der Waals surface area contributed by atoms with Gasteiger partial charge in [-0.25, -0.2) is 9.37 Å². The number of hydrogen-bond donors (Lipinski definition) is 1. The average Bonchev–Trinajstić information content (AvgIpc) is 2.67. The molecule has 1 aromatic carbocycles. The van der Waals surface area contributed by atoms with Crippen molar-refractivity contribution in [3.05, 3.63) is 70.6 Å². The van der Waals surface area contributed by atoms with Gasteiger partial charge in [0, 0.05) is 19.3 Å². The third kappa shape index (κ3) is 4.46. The van der Waals surface area contributed by atoms with Gasteiger partial charge in [0.15, 0.2) is 11.6 Å². The first kappa shape index (κ1) is 21.0. The third-order valence-electron chi connectivity index (χ3n) is 4.76. The first-order valence-electron chi connectivity index (χ1n) is 9.07. The molecule has 1 saturated heterocycles. The number of nitrogens with zero attached hydrogens (tertiary/aromatic N) is 3. The minimum atomic E-state index is -1.03. The quantitative estimate of drug-likeness (QED) is 0.733. The number of aromatic nitrogens is 1. The highest BCUT2D eigenvalue weighted by atomic mass is 35.5. The second-order valence-corrected chi connectivity index (χ2v) is 7.36. The lowest BCUT2D eigenvalue weighted by Crippen LogP contribution is -2.60. The molecule has 1 fully saturated rings. The van der Waals surface area contributed by atoms with Crippen molar-refractivity contribution in [2.45, 2.75) is 25.9 Å². The molecule has 1 atom stereocenters. The van der Waals surface area contributed by atoms with E-state index in [-0.39, 0.29) is 42.9 Å². The number of halogens is 2. The van der Waals surface area contributed by atoms with Gasteiger partial charge in [0.2, 0.25) is 5.91 Å². The van der Waals surface area contributed by atoms with Crippen molar-refractivity contribution in [1.29, 1.82) is 0 Å². The molecule has 2 heterocycles. The highest BCUT2D eigenvalue weighted by Gasteiger charge is 2.42. The number of carbonyl (C=O) groups is 2. The van der Waals surface area contributed by atoms with Crippen LogP contribution < -0.4 is 4.90 Å². The normalized spacial score (nSPS) is 17.0. The van der Waals surface area contributed by atoms with Gasteiger partial charge >= 0.3 is 0 Å². The lowest BCUT2D eigenvalue weighted by atomic mass is 9.98. The van der Waals surface area contributed by atoms with Gasteiger partial charge in [-0.1, -0.05) is 48.0 Å². The van der Waals surface area contributed by atoms with Crippen LogP contribution in [0.25, 0.3) is 0 Å². The standard InChI is InChI=1S/C21H21ClFN3O3/c1-13-3-5-15(6-4-13)11-25-18(28)12-26(20-17(23)9-16(22)10-24-20)21(29)19(25)14(2)7-8-27/h3-6,9-10,19,27H,2,7-8,11-12H2,1H3/t19-/m0/s1. The predicted octanol–water partition coefficient (Wildman–Crippen LogP) is 2.87. The van der Waals surface area contributed by atoms with E-state index >= 15 is 0 Å². The van der Waals surface area contributed by atoms with Gasteiger partial charge in [0.05, 0.1) is 5.02 Å². The molecule has 3 rings (SSSR count). The highest BCUT2D eigenvalue weighted by Crippen LogP contribution is 2.28. The fourth-order valence-electron chi connectivity index (χ4n) is 3.26. The smallest absolute Gasteiger partial charge is 0.255 e. The summed E-state index contributed by atoms with van der Waals surface area (Å²) in [6, 6.07) is 7.61. The van der Waals surface area contributed by atoms with Gasteiger partial charge in [-0.05, 0) is 30.5 Å². The van der Waals surface area contributed by atoms with Crippen LogP contribution in [0.2, 0.25) is 5.02 Å². The number of aryl methyl sites for hydroxylation is 1. The van der Waals surface area contributed by atoms with Crippen LogP contribution in [0.3, 0.4) is 0 Å². The van der Waals surface area contributed by atoms with E-state index in [1.54, 1.807) is 0 Å². The molecule has 0 radical (unpaired) electrons. The molecule has 1 aliphatic rings. The summed E-state index contributed by atoms with van der Waals surface area (Å²) in [5.74, 6) is -1.95. The van der Waals surface area contributed by atoms with E-state index in [1.165, 1.54) is 11.1 Å². The van der Waals surface area contributed by atoms with Gasteiger partial charge in [0.1, 0.15) is 12.6 Å². The second kappa shape index (κ2) is 8.71. The molecule has 1 N–H and O–H groups in total. The van der Waals surface area contributed by atoms with Gasteiger partial charge in [-0.2, -0.15) is 0 Å². The zero-order chi connectivity index (χ0) is 21.1. The lowest BCUT2D eigenvalue weighted by Gasteiger charge is -2.40. The van der Waals surface area contributed by atoms with Crippen LogP contribution in [0.15, 0.2) is 48.7 Å². The Morgan fingerprint density at radius 3 is 2.66 bits per heavy atom. The molecule has 2 amide bonds. The number of aliphatic hydroxyl groups excluding tert-OH is 1. The average molecular weight is 418 g/mol. The molecule has 29 heavy (non-hydrogen) atoms. The Balaban J connectivity index is 1.96. The molecule has 0 spiro atoms. The summed E-state index contributed by atoms with van der Waals surface area (Å²) in [5, 5.41) is 9.39.